The van der Waals surface area contributed by atoms with E-state index in [1.807, 2.05) is 13.8 Å². The number of rotatable bonds is 4. The summed E-state index contributed by atoms with van der Waals surface area (Å²) in [5, 5.41) is 6.65. The number of nitrogens with one attached hydrogen (secondary N) is 2. The van der Waals surface area contributed by atoms with Crippen LogP contribution < -0.4 is 10.6 Å². The lowest BCUT2D eigenvalue weighted by atomic mass is 9.82. The van der Waals surface area contributed by atoms with E-state index in [9.17, 15) is 4.79 Å². The normalized spacial score (nSPS) is 21.8. The fourth-order valence-electron chi connectivity index (χ4n) is 2.92. The second kappa shape index (κ2) is 7.98. The van der Waals surface area contributed by atoms with Crippen LogP contribution in [0.4, 0.5) is 0 Å². The zero-order valence-corrected chi connectivity index (χ0v) is 14.9. The number of aryl methyl sites for hydroxylation is 1. The van der Waals surface area contributed by atoms with Crippen LogP contribution >= 0.6 is 12.4 Å². The first-order valence-corrected chi connectivity index (χ1v) is 8.07. The molecule has 0 saturated carbocycles. The molecule has 2 unspecified atom stereocenters. The molecule has 2 N–H and O–H groups in total. The first kappa shape index (κ1) is 19.0. The van der Waals surface area contributed by atoms with Gasteiger partial charge in [0.15, 0.2) is 0 Å². The zero-order chi connectivity index (χ0) is 15.5. The maximum absolute atomic E-state index is 12.7. The number of amides is 1. The molecule has 124 valence electrons. The average Bonchev–Trinajstić information content (AvgIpc) is 2.47. The highest BCUT2D eigenvalue weighted by Gasteiger charge is 2.32. The van der Waals surface area contributed by atoms with Crippen molar-refractivity contribution >= 4 is 18.3 Å². The van der Waals surface area contributed by atoms with Crippen molar-refractivity contribution in [1.82, 2.24) is 10.6 Å². The van der Waals surface area contributed by atoms with Crippen LogP contribution in [0.1, 0.15) is 51.7 Å². The maximum atomic E-state index is 12.7. The van der Waals surface area contributed by atoms with Gasteiger partial charge in [0.25, 0.3) is 0 Å². The number of hydrogen-bond donors (Lipinski definition) is 2. The van der Waals surface area contributed by atoms with Crippen LogP contribution in [-0.4, -0.2) is 24.5 Å². The van der Waals surface area contributed by atoms with E-state index in [2.05, 4.69) is 48.7 Å². The standard InChI is InChI=1S/C18H28N2O.ClH/c1-5-14-6-8-15(9-7-14)18(3,4)17(21)20-16-10-11-19-13(2)12-16;/h6-9,13,16,19H,5,10-12H2,1-4H3,(H,20,21);1H. The summed E-state index contributed by atoms with van der Waals surface area (Å²) in [4.78, 5) is 12.7. The van der Waals surface area contributed by atoms with Gasteiger partial charge in [0, 0.05) is 12.1 Å². The van der Waals surface area contributed by atoms with Crippen molar-refractivity contribution < 1.29 is 4.79 Å². The maximum Gasteiger partial charge on any atom is 0.230 e. The molecule has 1 amide bonds. The van der Waals surface area contributed by atoms with Crippen molar-refractivity contribution in [3.8, 4) is 0 Å². The van der Waals surface area contributed by atoms with Gasteiger partial charge in [0.05, 0.1) is 5.41 Å². The van der Waals surface area contributed by atoms with Crippen molar-refractivity contribution in [2.75, 3.05) is 6.54 Å². The van der Waals surface area contributed by atoms with E-state index in [4.69, 9.17) is 0 Å². The Morgan fingerprint density at radius 3 is 2.50 bits per heavy atom. The number of carbonyl (C=O) groups is 1. The SMILES string of the molecule is CCc1ccc(C(C)(C)C(=O)NC2CCNC(C)C2)cc1.Cl. The quantitative estimate of drug-likeness (QED) is 0.893. The summed E-state index contributed by atoms with van der Waals surface area (Å²) in [6.07, 6.45) is 3.05. The molecular weight excluding hydrogens is 296 g/mol. The summed E-state index contributed by atoms with van der Waals surface area (Å²) in [5.41, 5.74) is 1.90. The van der Waals surface area contributed by atoms with Gasteiger partial charge in [0.1, 0.15) is 0 Å². The Hall–Kier alpha value is -1.06. The van der Waals surface area contributed by atoms with Gasteiger partial charge in [-0.15, -0.1) is 12.4 Å². The van der Waals surface area contributed by atoms with Gasteiger partial charge in [-0.3, -0.25) is 4.79 Å². The van der Waals surface area contributed by atoms with E-state index in [1.165, 1.54) is 5.56 Å². The van der Waals surface area contributed by atoms with Crippen LogP contribution in [0.2, 0.25) is 0 Å². The summed E-state index contributed by atoms with van der Waals surface area (Å²) in [6.45, 7) is 9.32. The summed E-state index contributed by atoms with van der Waals surface area (Å²) in [7, 11) is 0. The lowest BCUT2D eigenvalue weighted by Gasteiger charge is -2.32. The molecule has 0 bridgehead atoms. The first-order valence-electron chi connectivity index (χ1n) is 8.07. The number of carbonyl (C=O) groups excluding carboxylic acids is 1. The Morgan fingerprint density at radius 1 is 1.32 bits per heavy atom. The molecule has 4 heteroatoms. The van der Waals surface area contributed by atoms with Crippen molar-refractivity contribution in [3.05, 3.63) is 35.4 Å². The molecule has 2 rings (SSSR count). The summed E-state index contributed by atoms with van der Waals surface area (Å²) < 4.78 is 0. The predicted octanol–water partition coefficient (Wildman–Crippen LogP) is 3.21. The summed E-state index contributed by atoms with van der Waals surface area (Å²) in [5.74, 6) is 0.130. The summed E-state index contributed by atoms with van der Waals surface area (Å²) >= 11 is 0. The molecule has 0 radical (unpaired) electrons. The Kier molecular flexibility index (Phi) is 6.89. The second-order valence-electron chi connectivity index (χ2n) is 6.73. The topological polar surface area (TPSA) is 41.1 Å². The highest BCUT2D eigenvalue weighted by Crippen LogP contribution is 2.24. The smallest absolute Gasteiger partial charge is 0.230 e. The third-order valence-electron chi connectivity index (χ3n) is 4.61. The number of halogens is 1. The molecule has 22 heavy (non-hydrogen) atoms. The van der Waals surface area contributed by atoms with E-state index in [0.29, 0.717) is 12.1 Å². The second-order valence-corrected chi connectivity index (χ2v) is 6.73. The van der Waals surface area contributed by atoms with Crippen molar-refractivity contribution in [2.45, 2.75) is 64.5 Å². The Morgan fingerprint density at radius 2 is 1.95 bits per heavy atom. The van der Waals surface area contributed by atoms with Crippen LogP contribution in [0.3, 0.4) is 0 Å². The van der Waals surface area contributed by atoms with E-state index >= 15 is 0 Å². The van der Waals surface area contributed by atoms with E-state index in [0.717, 1.165) is 31.4 Å². The van der Waals surface area contributed by atoms with E-state index in [1.54, 1.807) is 0 Å². The molecule has 1 aliphatic rings. The van der Waals surface area contributed by atoms with Crippen LogP contribution in [0, 0.1) is 0 Å². The van der Waals surface area contributed by atoms with Crippen molar-refractivity contribution in [3.63, 3.8) is 0 Å². The van der Waals surface area contributed by atoms with Gasteiger partial charge in [-0.2, -0.15) is 0 Å². The molecular formula is C18H29ClN2O. The van der Waals surface area contributed by atoms with Crippen LogP contribution in [0.15, 0.2) is 24.3 Å². The Labute approximate surface area is 140 Å². The lowest BCUT2D eigenvalue weighted by Crippen LogP contribution is -2.50. The van der Waals surface area contributed by atoms with E-state index in [-0.39, 0.29) is 18.3 Å². The van der Waals surface area contributed by atoms with Gasteiger partial charge in [-0.05, 0) is 57.7 Å². The first-order chi connectivity index (χ1) is 9.93. The number of benzene rings is 1. The number of piperidine rings is 1. The largest absolute Gasteiger partial charge is 0.353 e. The van der Waals surface area contributed by atoms with Crippen LogP contribution in [0.25, 0.3) is 0 Å². The summed E-state index contributed by atoms with van der Waals surface area (Å²) in [6, 6.07) is 9.19. The van der Waals surface area contributed by atoms with Gasteiger partial charge in [0.2, 0.25) is 5.91 Å². The predicted molar refractivity (Wildman–Crippen MR) is 94.7 cm³/mol. The minimum absolute atomic E-state index is 0. The average molecular weight is 325 g/mol. The minimum atomic E-state index is -0.486. The monoisotopic (exact) mass is 324 g/mol. The fraction of sp³-hybridized carbons (Fsp3) is 0.611. The molecule has 1 fully saturated rings. The fourth-order valence-corrected chi connectivity index (χ4v) is 2.92. The Bertz CT molecular complexity index is 484. The molecule has 0 spiro atoms. The van der Waals surface area contributed by atoms with Gasteiger partial charge in [-0.25, -0.2) is 0 Å². The molecule has 2 atom stereocenters. The molecule has 0 aliphatic carbocycles. The lowest BCUT2D eigenvalue weighted by molar-refractivity contribution is -0.126. The third-order valence-corrected chi connectivity index (χ3v) is 4.61. The molecule has 1 saturated heterocycles. The Balaban J connectivity index is 0.00000242. The highest BCUT2D eigenvalue weighted by molar-refractivity contribution is 5.87. The molecule has 0 aromatic heterocycles. The highest BCUT2D eigenvalue weighted by atomic mass is 35.5. The van der Waals surface area contributed by atoms with Gasteiger partial charge >= 0.3 is 0 Å². The van der Waals surface area contributed by atoms with E-state index < -0.39 is 5.41 Å². The minimum Gasteiger partial charge on any atom is -0.353 e. The molecule has 1 aromatic rings. The van der Waals surface area contributed by atoms with Crippen molar-refractivity contribution in [2.24, 2.45) is 0 Å². The third kappa shape index (κ3) is 4.47. The van der Waals surface area contributed by atoms with Gasteiger partial charge < -0.3 is 10.6 Å². The van der Waals surface area contributed by atoms with Crippen LogP contribution in [-0.2, 0) is 16.6 Å². The molecule has 1 aliphatic heterocycles. The zero-order valence-electron chi connectivity index (χ0n) is 14.1. The number of hydrogen-bond acceptors (Lipinski definition) is 2. The van der Waals surface area contributed by atoms with Crippen molar-refractivity contribution in [1.29, 1.82) is 0 Å². The molecule has 1 heterocycles. The van der Waals surface area contributed by atoms with Crippen LogP contribution in [0.5, 0.6) is 0 Å². The van der Waals surface area contributed by atoms with Gasteiger partial charge in [-0.1, -0.05) is 31.2 Å². The molecule has 1 aromatic carbocycles. The molecule has 3 nitrogen and oxygen atoms in total.